The lowest BCUT2D eigenvalue weighted by molar-refractivity contribution is -0.147. The SMILES string of the molecule is COC(=O)C(N)(CCSc1ccncc1)c1ccccc1. The molecule has 0 spiro atoms. The molecule has 1 aromatic carbocycles. The van der Waals surface area contributed by atoms with Crippen molar-refractivity contribution in [3.63, 3.8) is 0 Å². The van der Waals surface area contributed by atoms with Gasteiger partial charge in [-0.2, -0.15) is 0 Å². The van der Waals surface area contributed by atoms with Crippen LogP contribution in [0.15, 0.2) is 59.8 Å². The highest BCUT2D eigenvalue weighted by Crippen LogP contribution is 2.28. The van der Waals surface area contributed by atoms with E-state index in [1.807, 2.05) is 42.5 Å². The normalized spacial score (nSPS) is 13.4. The van der Waals surface area contributed by atoms with E-state index in [2.05, 4.69) is 4.98 Å². The number of esters is 1. The molecule has 0 saturated heterocycles. The van der Waals surface area contributed by atoms with Crippen molar-refractivity contribution in [2.75, 3.05) is 12.9 Å². The van der Waals surface area contributed by atoms with Crippen LogP contribution in [-0.4, -0.2) is 23.8 Å². The molecule has 1 unspecified atom stereocenters. The molecule has 4 nitrogen and oxygen atoms in total. The molecule has 110 valence electrons. The van der Waals surface area contributed by atoms with Crippen molar-refractivity contribution in [1.29, 1.82) is 0 Å². The number of hydrogen-bond donors (Lipinski definition) is 1. The predicted molar refractivity (Wildman–Crippen MR) is 83.9 cm³/mol. The molecule has 5 heteroatoms. The summed E-state index contributed by atoms with van der Waals surface area (Å²) in [5.74, 6) is 0.300. The van der Waals surface area contributed by atoms with Crippen molar-refractivity contribution >= 4 is 17.7 Å². The van der Waals surface area contributed by atoms with Gasteiger partial charge in [0.2, 0.25) is 0 Å². The van der Waals surface area contributed by atoms with E-state index in [0.717, 1.165) is 10.5 Å². The summed E-state index contributed by atoms with van der Waals surface area (Å²) in [4.78, 5) is 17.2. The van der Waals surface area contributed by atoms with Gasteiger partial charge < -0.3 is 10.5 Å². The summed E-state index contributed by atoms with van der Waals surface area (Å²) < 4.78 is 4.89. The molecule has 1 heterocycles. The minimum atomic E-state index is -1.12. The van der Waals surface area contributed by atoms with Crippen LogP contribution in [0.4, 0.5) is 0 Å². The van der Waals surface area contributed by atoms with Crippen molar-refractivity contribution in [3.8, 4) is 0 Å². The molecule has 0 bridgehead atoms. The van der Waals surface area contributed by atoms with Gasteiger partial charge in [-0.05, 0) is 24.1 Å². The third-order valence-electron chi connectivity index (χ3n) is 3.25. The van der Waals surface area contributed by atoms with E-state index in [-0.39, 0.29) is 0 Å². The van der Waals surface area contributed by atoms with Crippen molar-refractivity contribution in [1.82, 2.24) is 4.98 Å². The number of hydrogen-bond acceptors (Lipinski definition) is 5. The summed E-state index contributed by atoms with van der Waals surface area (Å²) in [5, 5.41) is 0. The van der Waals surface area contributed by atoms with Gasteiger partial charge >= 0.3 is 5.97 Å². The number of pyridine rings is 1. The van der Waals surface area contributed by atoms with Crippen molar-refractivity contribution in [3.05, 3.63) is 60.4 Å². The minimum Gasteiger partial charge on any atom is -0.467 e. The molecule has 1 atom stereocenters. The molecule has 0 saturated carbocycles. The van der Waals surface area contributed by atoms with Gasteiger partial charge in [-0.1, -0.05) is 30.3 Å². The Hall–Kier alpha value is -1.85. The van der Waals surface area contributed by atoms with Gasteiger partial charge in [0, 0.05) is 23.0 Å². The molecular formula is C16H18N2O2S. The second-order valence-corrected chi connectivity index (χ2v) is 5.78. The fourth-order valence-corrected chi connectivity index (χ4v) is 3.02. The molecule has 0 aliphatic carbocycles. The summed E-state index contributed by atoms with van der Waals surface area (Å²) in [6.07, 6.45) is 3.99. The third-order valence-corrected chi connectivity index (χ3v) is 4.27. The van der Waals surface area contributed by atoms with Crippen LogP contribution in [0.1, 0.15) is 12.0 Å². The van der Waals surface area contributed by atoms with Crippen molar-refractivity contribution in [2.45, 2.75) is 16.9 Å². The molecule has 2 N–H and O–H groups in total. The number of ether oxygens (including phenoxy) is 1. The molecule has 21 heavy (non-hydrogen) atoms. The molecule has 1 aromatic heterocycles. The first-order valence-electron chi connectivity index (χ1n) is 6.62. The van der Waals surface area contributed by atoms with Gasteiger partial charge in [-0.25, -0.2) is 4.79 Å². The largest absolute Gasteiger partial charge is 0.467 e. The Bertz CT molecular complexity index is 577. The molecule has 0 aliphatic rings. The maximum Gasteiger partial charge on any atom is 0.330 e. The molecule has 2 rings (SSSR count). The van der Waals surface area contributed by atoms with E-state index >= 15 is 0 Å². The van der Waals surface area contributed by atoms with E-state index in [4.69, 9.17) is 10.5 Å². The number of nitrogens with two attached hydrogens (primary N) is 1. The predicted octanol–water partition coefficient (Wildman–Crippen LogP) is 2.59. The van der Waals surface area contributed by atoms with E-state index in [9.17, 15) is 4.79 Å². The number of thioether (sulfide) groups is 1. The summed E-state index contributed by atoms with van der Waals surface area (Å²) in [7, 11) is 1.36. The lowest BCUT2D eigenvalue weighted by Gasteiger charge is -2.26. The number of methoxy groups -OCH3 is 1. The van der Waals surface area contributed by atoms with Crippen molar-refractivity contribution in [2.24, 2.45) is 5.73 Å². The van der Waals surface area contributed by atoms with Crippen LogP contribution >= 0.6 is 11.8 Å². The quantitative estimate of drug-likeness (QED) is 0.656. The first-order valence-corrected chi connectivity index (χ1v) is 7.61. The first kappa shape index (κ1) is 15.5. The number of carbonyl (C=O) groups is 1. The lowest BCUT2D eigenvalue weighted by atomic mass is 9.88. The Labute approximate surface area is 128 Å². The third kappa shape index (κ3) is 3.83. The highest BCUT2D eigenvalue weighted by Gasteiger charge is 2.36. The second kappa shape index (κ2) is 7.24. The van der Waals surface area contributed by atoms with E-state index < -0.39 is 11.5 Å². The van der Waals surface area contributed by atoms with Crippen LogP contribution in [0, 0.1) is 0 Å². The monoisotopic (exact) mass is 302 g/mol. The van der Waals surface area contributed by atoms with Crippen LogP contribution in [0.3, 0.4) is 0 Å². The number of benzene rings is 1. The number of nitrogens with zero attached hydrogens (tertiary/aromatic N) is 1. The molecule has 0 fully saturated rings. The average Bonchev–Trinajstić information content (AvgIpc) is 2.55. The molecule has 0 radical (unpaired) electrons. The van der Waals surface area contributed by atoms with Gasteiger partial charge in [0.15, 0.2) is 0 Å². The summed E-state index contributed by atoms with van der Waals surface area (Å²) in [6, 6.07) is 13.2. The first-order chi connectivity index (χ1) is 10.2. The highest BCUT2D eigenvalue weighted by molar-refractivity contribution is 7.99. The van der Waals surface area contributed by atoms with Crippen LogP contribution in [-0.2, 0) is 15.1 Å². The zero-order valence-electron chi connectivity index (χ0n) is 11.9. The smallest absolute Gasteiger partial charge is 0.330 e. The summed E-state index contributed by atoms with van der Waals surface area (Å²) >= 11 is 1.64. The lowest BCUT2D eigenvalue weighted by Crippen LogP contribution is -2.46. The Balaban J connectivity index is 2.09. The van der Waals surface area contributed by atoms with Crippen molar-refractivity contribution < 1.29 is 9.53 Å². The van der Waals surface area contributed by atoms with Gasteiger partial charge in [0.05, 0.1) is 7.11 Å². The van der Waals surface area contributed by atoms with Crippen LogP contribution < -0.4 is 5.73 Å². The molecular weight excluding hydrogens is 284 g/mol. The minimum absolute atomic E-state index is 0.413. The standard InChI is InChI=1S/C16H18N2O2S/c1-20-15(19)16(17,13-5-3-2-4-6-13)9-12-21-14-7-10-18-11-8-14/h2-8,10-11H,9,12,17H2,1H3. The zero-order chi connectivity index (χ0) is 15.1. The Kier molecular flexibility index (Phi) is 5.36. The molecule has 0 aliphatic heterocycles. The van der Waals surface area contributed by atoms with E-state index in [1.54, 1.807) is 24.2 Å². The summed E-state index contributed by atoms with van der Waals surface area (Å²) in [5.41, 5.74) is 5.99. The number of carbonyl (C=O) groups excluding carboxylic acids is 1. The van der Waals surface area contributed by atoms with E-state index in [0.29, 0.717) is 12.2 Å². The van der Waals surface area contributed by atoms with Gasteiger partial charge in [0.25, 0.3) is 0 Å². The fourth-order valence-electron chi connectivity index (χ4n) is 2.05. The zero-order valence-corrected chi connectivity index (χ0v) is 12.7. The Morgan fingerprint density at radius 1 is 1.24 bits per heavy atom. The maximum atomic E-state index is 12.1. The number of aromatic nitrogens is 1. The van der Waals surface area contributed by atoms with Gasteiger partial charge in [-0.15, -0.1) is 11.8 Å². The fraction of sp³-hybridized carbons (Fsp3) is 0.250. The Morgan fingerprint density at radius 3 is 2.52 bits per heavy atom. The van der Waals surface area contributed by atoms with Crippen LogP contribution in [0.2, 0.25) is 0 Å². The second-order valence-electron chi connectivity index (χ2n) is 4.61. The summed E-state index contributed by atoms with van der Waals surface area (Å²) in [6.45, 7) is 0. The van der Waals surface area contributed by atoms with Crippen LogP contribution in [0.25, 0.3) is 0 Å². The molecule has 2 aromatic rings. The van der Waals surface area contributed by atoms with E-state index in [1.165, 1.54) is 7.11 Å². The maximum absolute atomic E-state index is 12.1. The Morgan fingerprint density at radius 2 is 1.90 bits per heavy atom. The van der Waals surface area contributed by atoms with Crippen LogP contribution in [0.5, 0.6) is 0 Å². The number of rotatable bonds is 6. The average molecular weight is 302 g/mol. The topological polar surface area (TPSA) is 65.2 Å². The molecule has 0 amide bonds. The van der Waals surface area contributed by atoms with Gasteiger partial charge in [-0.3, -0.25) is 4.98 Å². The highest BCUT2D eigenvalue weighted by atomic mass is 32.2. The van der Waals surface area contributed by atoms with Gasteiger partial charge in [0.1, 0.15) is 5.54 Å².